The molecule has 0 fully saturated rings. The number of nitrogens with zero attached hydrogens (tertiary/aromatic N) is 3. The van der Waals surface area contributed by atoms with Crippen molar-refractivity contribution in [1.29, 1.82) is 0 Å². The maximum Gasteiger partial charge on any atom is 0.223 e. The van der Waals surface area contributed by atoms with Crippen LogP contribution < -0.4 is 0 Å². The maximum atomic E-state index is 13.2. The summed E-state index contributed by atoms with van der Waals surface area (Å²) in [5.41, 5.74) is 12.8. The lowest BCUT2D eigenvalue weighted by molar-refractivity contribution is -0.130. The van der Waals surface area contributed by atoms with Crippen LogP contribution in [-0.4, -0.2) is 68.3 Å². The van der Waals surface area contributed by atoms with Crippen molar-refractivity contribution in [2.24, 2.45) is 0 Å². The molecule has 2 aliphatic rings. The van der Waals surface area contributed by atoms with E-state index >= 15 is 0 Å². The number of carbonyl (C=O) groups is 1. The number of aromatic nitrogens is 4. The topological polar surface area (TPSA) is 118 Å². The van der Waals surface area contributed by atoms with E-state index < -0.39 is 5.41 Å². The van der Waals surface area contributed by atoms with Gasteiger partial charge in [0.2, 0.25) is 5.91 Å². The quantitative estimate of drug-likeness (QED) is 0.232. The molecule has 3 aromatic rings. The fourth-order valence-electron chi connectivity index (χ4n) is 6.92. The lowest BCUT2D eigenvalue weighted by Crippen LogP contribution is -2.34. The minimum atomic E-state index is -0.499. The van der Waals surface area contributed by atoms with Crippen LogP contribution in [0, 0.1) is 13.8 Å². The third-order valence-corrected chi connectivity index (χ3v) is 9.62. The first-order valence-corrected chi connectivity index (χ1v) is 15.8. The zero-order valence-electron chi connectivity index (χ0n) is 27.3. The number of fused-ring (bicyclic) bond motifs is 8. The van der Waals surface area contributed by atoms with E-state index in [1.807, 2.05) is 14.1 Å². The summed E-state index contributed by atoms with van der Waals surface area (Å²) in [6.07, 6.45) is 6.11. The Hall–Kier alpha value is -3.75. The average molecular weight is 598 g/mol. The molecule has 0 saturated heterocycles. The number of carbonyl (C=O) groups excluding carboxylic acids is 1. The first-order chi connectivity index (χ1) is 21.0. The molecule has 0 unspecified atom stereocenters. The third kappa shape index (κ3) is 5.85. The number of rotatable bonds is 9. The highest BCUT2D eigenvalue weighted by molar-refractivity contribution is 5.84. The molecular formula is C36H47N5O3. The van der Waals surface area contributed by atoms with Gasteiger partial charge < -0.3 is 25.1 Å². The number of H-pyrrole nitrogens is 2. The van der Waals surface area contributed by atoms with Crippen molar-refractivity contribution in [1.82, 2.24) is 24.8 Å². The first kappa shape index (κ1) is 31.7. The Bertz CT molecular complexity index is 1760. The van der Waals surface area contributed by atoms with E-state index in [9.17, 15) is 15.0 Å². The Morgan fingerprint density at radius 2 is 1.48 bits per heavy atom. The highest BCUT2D eigenvalue weighted by Crippen LogP contribution is 2.47. The van der Waals surface area contributed by atoms with Crippen LogP contribution in [0.5, 0.6) is 0 Å². The Balaban J connectivity index is 1.91. The van der Waals surface area contributed by atoms with Gasteiger partial charge in [-0.15, -0.1) is 0 Å². The molecule has 0 radical (unpaired) electrons. The van der Waals surface area contributed by atoms with Crippen LogP contribution in [0.4, 0.5) is 0 Å². The van der Waals surface area contributed by atoms with Crippen LogP contribution >= 0.6 is 0 Å². The Morgan fingerprint density at radius 1 is 0.886 bits per heavy atom. The van der Waals surface area contributed by atoms with Gasteiger partial charge in [0, 0.05) is 78.5 Å². The Morgan fingerprint density at radius 3 is 2.02 bits per heavy atom. The van der Waals surface area contributed by atoms with Crippen LogP contribution in [0.25, 0.3) is 33.7 Å². The summed E-state index contributed by atoms with van der Waals surface area (Å²) >= 11 is 0. The van der Waals surface area contributed by atoms with Crippen molar-refractivity contribution in [3.8, 4) is 0 Å². The minimum absolute atomic E-state index is 0.0499. The summed E-state index contributed by atoms with van der Waals surface area (Å²) < 4.78 is 0. The molecular weight excluding hydrogens is 550 g/mol. The predicted molar refractivity (Wildman–Crippen MR) is 179 cm³/mol. The van der Waals surface area contributed by atoms with Gasteiger partial charge in [0.25, 0.3) is 0 Å². The molecule has 8 heteroatoms. The van der Waals surface area contributed by atoms with Gasteiger partial charge in [-0.25, -0.2) is 4.98 Å². The van der Waals surface area contributed by atoms with Gasteiger partial charge in [0.1, 0.15) is 0 Å². The molecule has 234 valence electrons. The van der Waals surface area contributed by atoms with E-state index in [4.69, 9.17) is 9.97 Å². The monoisotopic (exact) mass is 597 g/mol. The van der Waals surface area contributed by atoms with Gasteiger partial charge in [-0.3, -0.25) is 9.78 Å². The minimum Gasteiger partial charge on any atom is -0.396 e. The predicted octanol–water partition coefficient (Wildman–Crippen LogP) is 6.27. The van der Waals surface area contributed by atoms with Crippen molar-refractivity contribution in [2.75, 3.05) is 27.3 Å². The Labute approximate surface area is 260 Å². The van der Waals surface area contributed by atoms with Gasteiger partial charge in [0.05, 0.1) is 11.4 Å². The maximum absolute atomic E-state index is 13.2. The first-order valence-electron chi connectivity index (χ1n) is 15.8. The summed E-state index contributed by atoms with van der Waals surface area (Å²) in [7, 11) is 3.62. The molecule has 3 aromatic heterocycles. The molecule has 8 bridgehead atoms. The van der Waals surface area contributed by atoms with Gasteiger partial charge in [0.15, 0.2) is 0 Å². The molecule has 0 saturated carbocycles. The molecule has 2 atom stereocenters. The second kappa shape index (κ2) is 12.7. The molecule has 44 heavy (non-hydrogen) atoms. The fourth-order valence-corrected chi connectivity index (χ4v) is 6.92. The van der Waals surface area contributed by atoms with Crippen LogP contribution in [-0.2, 0) is 23.1 Å². The van der Waals surface area contributed by atoms with Crippen molar-refractivity contribution < 1.29 is 15.0 Å². The van der Waals surface area contributed by atoms with E-state index in [0.717, 1.165) is 86.4 Å². The molecule has 5 heterocycles. The molecule has 4 N–H and O–H groups in total. The summed E-state index contributed by atoms with van der Waals surface area (Å²) in [5.74, 6) is 0.126. The number of aliphatic hydroxyl groups excluding tert-OH is 2. The zero-order valence-corrected chi connectivity index (χ0v) is 27.3. The van der Waals surface area contributed by atoms with Crippen molar-refractivity contribution >= 4 is 39.6 Å². The third-order valence-electron chi connectivity index (χ3n) is 9.62. The molecule has 1 amide bonds. The SMILES string of the molecule is CC[C@H]1c2cc3nc(cc4[nH]c(cc5[nH]c(cc(n2)[C@@]1(C)CC(=O)N(C)C)c(C)c5CCCO)c(CCCO)c4C)C=C3C. The molecule has 0 aliphatic carbocycles. The van der Waals surface area contributed by atoms with E-state index in [-0.39, 0.29) is 25.0 Å². The highest BCUT2D eigenvalue weighted by Gasteiger charge is 2.44. The van der Waals surface area contributed by atoms with Crippen LogP contribution in [0.15, 0.2) is 24.3 Å². The fraction of sp³-hybridized carbons (Fsp3) is 0.472. The molecule has 5 rings (SSSR count). The van der Waals surface area contributed by atoms with Crippen molar-refractivity contribution in [3.63, 3.8) is 0 Å². The van der Waals surface area contributed by atoms with E-state index in [1.165, 1.54) is 5.56 Å². The molecule has 0 spiro atoms. The summed E-state index contributed by atoms with van der Waals surface area (Å²) in [6, 6.07) is 8.51. The van der Waals surface area contributed by atoms with Gasteiger partial charge in [-0.2, -0.15) is 0 Å². The lowest BCUT2D eigenvalue weighted by Gasteiger charge is -2.31. The number of hydrogen-bond acceptors (Lipinski definition) is 5. The van der Waals surface area contributed by atoms with Gasteiger partial charge in [-0.05, 0) is 111 Å². The molecule has 0 aromatic carbocycles. The van der Waals surface area contributed by atoms with Crippen molar-refractivity contribution in [2.45, 2.75) is 84.5 Å². The van der Waals surface area contributed by atoms with E-state index in [1.54, 1.807) is 4.90 Å². The molecule has 8 nitrogen and oxygen atoms in total. The summed E-state index contributed by atoms with van der Waals surface area (Å²) in [6.45, 7) is 10.9. The standard InChI is InChI=1S/C36H47N5O3/c1-8-27-33-17-28-21(2)15-24(37-28)16-29-22(3)25(11-9-13-42)31(38-29)18-32-26(12-10-14-43)23(4)30(39-32)19-34(40-33)36(27,5)20-35(44)41(6)7/h15-19,27,38-39,42-43H,8-14,20H2,1-7H3/t27-,36-/m0/s1. The molecule has 2 aliphatic heterocycles. The number of aromatic amines is 2. The normalized spacial score (nSPS) is 18.0. The summed E-state index contributed by atoms with van der Waals surface area (Å²) in [5, 5.41) is 19.4. The van der Waals surface area contributed by atoms with Crippen LogP contribution in [0.1, 0.15) is 97.4 Å². The number of hydrogen-bond donors (Lipinski definition) is 4. The van der Waals surface area contributed by atoms with Crippen LogP contribution in [0.2, 0.25) is 0 Å². The van der Waals surface area contributed by atoms with Crippen LogP contribution in [0.3, 0.4) is 0 Å². The number of allylic oxidation sites excluding steroid dienone is 1. The number of aliphatic hydroxyl groups is 2. The zero-order chi connectivity index (χ0) is 31.8. The highest BCUT2D eigenvalue weighted by atomic mass is 16.3. The summed E-state index contributed by atoms with van der Waals surface area (Å²) in [4.78, 5) is 32.5. The van der Waals surface area contributed by atoms with Gasteiger partial charge in [-0.1, -0.05) is 13.8 Å². The second-order valence-corrected chi connectivity index (χ2v) is 12.9. The Kier molecular flexibility index (Phi) is 9.14. The number of amides is 1. The number of aryl methyl sites for hydroxylation is 4. The van der Waals surface area contributed by atoms with Gasteiger partial charge >= 0.3 is 0 Å². The van der Waals surface area contributed by atoms with E-state index in [0.29, 0.717) is 19.3 Å². The lowest BCUT2D eigenvalue weighted by atomic mass is 9.71. The second-order valence-electron chi connectivity index (χ2n) is 12.9. The average Bonchev–Trinajstić information content (AvgIpc) is 3.64. The smallest absolute Gasteiger partial charge is 0.223 e. The van der Waals surface area contributed by atoms with Crippen molar-refractivity contribution in [3.05, 3.63) is 69.3 Å². The number of nitrogens with one attached hydrogen (secondary N) is 2. The van der Waals surface area contributed by atoms with E-state index in [2.05, 4.69) is 74.9 Å². The largest absolute Gasteiger partial charge is 0.396 e.